The van der Waals surface area contributed by atoms with Crippen molar-refractivity contribution >= 4 is 16.5 Å². The van der Waals surface area contributed by atoms with Crippen LogP contribution in [0.4, 0.5) is 5.13 Å². The molecular formula is C16H30N4S. The Labute approximate surface area is 133 Å². The van der Waals surface area contributed by atoms with E-state index in [1.807, 2.05) is 6.20 Å². The van der Waals surface area contributed by atoms with Gasteiger partial charge in [-0.05, 0) is 31.8 Å². The molecule has 120 valence electrons. The summed E-state index contributed by atoms with van der Waals surface area (Å²) in [7, 11) is 0. The topological polar surface area (TPSA) is 31.4 Å². The lowest BCUT2D eigenvalue weighted by Gasteiger charge is -2.40. The van der Waals surface area contributed by atoms with Gasteiger partial charge in [0.05, 0.1) is 0 Å². The van der Waals surface area contributed by atoms with Crippen molar-refractivity contribution in [1.82, 2.24) is 15.2 Å². The summed E-state index contributed by atoms with van der Waals surface area (Å²) in [6.07, 6.45) is 1.90. The van der Waals surface area contributed by atoms with Crippen molar-refractivity contribution in [3.8, 4) is 0 Å². The van der Waals surface area contributed by atoms with E-state index in [0.717, 1.165) is 45.2 Å². The van der Waals surface area contributed by atoms with Gasteiger partial charge in [-0.25, -0.2) is 4.98 Å². The quantitative estimate of drug-likeness (QED) is 0.838. The molecule has 2 rings (SSSR count). The van der Waals surface area contributed by atoms with Crippen LogP contribution < -0.4 is 10.2 Å². The Balaban J connectivity index is 1.73. The summed E-state index contributed by atoms with van der Waals surface area (Å²) in [5.74, 6) is 1.42. The minimum absolute atomic E-state index is 0.642. The van der Waals surface area contributed by atoms with Crippen LogP contribution in [0.2, 0.25) is 0 Å². The zero-order valence-corrected chi connectivity index (χ0v) is 14.7. The van der Waals surface area contributed by atoms with E-state index < -0.39 is 0 Å². The van der Waals surface area contributed by atoms with Crippen LogP contribution in [0.15, 0.2) is 11.6 Å². The van der Waals surface area contributed by atoms with Gasteiger partial charge in [-0.1, -0.05) is 20.8 Å². The first-order valence-electron chi connectivity index (χ1n) is 8.17. The molecule has 1 aliphatic heterocycles. The Morgan fingerprint density at radius 3 is 2.43 bits per heavy atom. The molecule has 1 fully saturated rings. The molecule has 0 bridgehead atoms. The number of hydrogen-bond donors (Lipinski definition) is 1. The van der Waals surface area contributed by atoms with Crippen molar-refractivity contribution < 1.29 is 0 Å². The van der Waals surface area contributed by atoms with Gasteiger partial charge in [0, 0.05) is 43.8 Å². The normalized spacial score (nSPS) is 20.0. The van der Waals surface area contributed by atoms with Crippen molar-refractivity contribution in [2.75, 3.05) is 44.2 Å². The highest BCUT2D eigenvalue weighted by molar-refractivity contribution is 7.13. The highest BCUT2D eigenvalue weighted by Gasteiger charge is 2.25. The number of hydrogen-bond acceptors (Lipinski definition) is 5. The minimum atomic E-state index is 0.642. The summed E-state index contributed by atoms with van der Waals surface area (Å²) in [4.78, 5) is 9.46. The Bertz CT molecular complexity index is 385. The molecule has 0 saturated carbocycles. The van der Waals surface area contributed by atoms with Gasteiger partial charge in [-0.2, -0.15) is 0 Å². The lowest BCUT2D eigenvalue weighted by Crippen LogP contribution is -2.52. The van der Waals surface area contributed by atoms with E-state index in [0.29, 0.717) is 12.0 Å². The number of anilines is 1. The van der Waals surface area contributed by atoms with Crippen LogP contribution in [0.3, 0.4) is 0 Å². The zero-order valence-electron chi connectivity index (χ0n) is 13.9. The van der Waals surface area contributed by atoms with Crippen LogP contribution in [0.25, 0.3) is 0 Å². The molecule has 1 aromatic rings. The summed E-state index contributed by atoms with van der Waals surface area (Å²) in [6.45, 7) is 16.0. The fourth-order valence-electron chi connectivity index (χ4n) is 2.82. The molecule has 21 heavy (non-hydrogen) atoms. The van der Waals surface area contributed by atoms with E-state index in [-0.39, 0.29) is 0 Å². The number of aromatic nitrogens is 1. The summed E-state index contributed by atoms with van der Waals surface area (Å²) < 4.78 is 0. The lowest BCUT2D eigenvalue weighted by atomic mass is 10.0. The number of piperazine rings is 1. The molecule has 2 unspecified atom stereocenters. The van der Waals surface area contributed by atoms with Crippen molar-refractivity contribution in [3.63, 3.8) is 0 Å². The Morgan fingerprint density at radius 2 is 1.86 bits per heavy atom. The first-order valence-corrected chi connectivity index (χ1v) is 9.05. The summed E-state index contributed by atoms with van der Waals surface area (Å²) in [6, 6.07) is 0.642. The van der Waals surface area contributed by atoms with Gasteiger partial charge >= 0.3 is 0 Å². The second kappa shape index (κ2) is 8.11. The highest BCUT2D eigenvalue weighted by Crippen LogP contribution is 2.20. The molecule has 1 aliphatic rings. The number of nitrogens with one attached hydrogen (secondary N) is 1. The third kappa shape index (κ3) is 4.94. The predicted octanol–water partition coefficient (Wildman–Crippen LogP) is 2.54. The van der Waals surface area contributed by atoms with E-state index in [2.05, 4.69) is 53.2 Å². The monoisotopic (exact) mass is 310 g/mol. The number of thiazole rings is 1. The first kappa shape index (κ1) is 16.7. The molecule has 0 radical (unpaired) electrons. The summed E-state index contributed by atoms with van der Waals surface area (Å²) in [5.41, 5.74) is 0. The predicted molar refractivity (Wildman–Crippen MR) is 92.2 cm³/mol. The van der Waals surface area contributed by atoms with Gasteiger partial charge in [0.15, 0.2) is 5.13 Å². The van der Waals surface area contributed by atoms with Crippen molar-refractivity contribution in [3.05, 3.63) is 11.6 Å². The maximum Gasteiger partial charge on any atom is 0.185 e. The second-order valence-corrected chi connectivity index (χ2v) is 7.48. The molecule has 1 aromatic heterocycles. The van der Waals surface area contributed by atoms with E-state index in [1.54, 1.807) is 11.3 Å². The first-order chi connectivity index (χ1) is 10.1. The van der Waals surface area contributed by atoms with Crippen LogP contribution in [0, 0.1) is 11.8 Å². The molecular weight excluding hydrogens is 280 g/mol. The SMILES string of the molecule is CC(C)CNCC(C)C(C)N1CCN(c2nccs2)CC1. The highest BCUT2D eigenvalue weighted by atomic mass is 32.1. The second-order valence-electron chi connectivity index (χ2n) is 6.61. The molecule has 5 heteroatoms. The standard InChI is InChI=1S/C16H30N4S/c1-13(2)11-17-12-14(3)15(4)19-6-8-20(9-7-19)16-18-5-10-21-16/h5,10,13-15,17H,6-9,11-12H2,1-4H3. The van der Waals surface area contributed by atoms with Gasteiger partial charge in [0.1, 0.15) is 0 Å². The van der Waals surface area contributed by atoms with Gasteiger partial charge in [0.2, 0.25) is 0 Å². The molecule has 0 aliphatic carbocycles. The van der Waals surface area contributed by atoms with E-state index in [4.69, 9.17) is 0 Å². The van der Waals surface area contributed by atoms with Crippen LogP contribution >= 0.6 is 11.3 Å². The average Bonchev–Trinajstić information content (AvgIpc) is 3.00. The molecule has 1 saturated heterocycles. The summed E-state index contributed by atoms with van der Waals surface area (Å²) >= 11 is 1.75. The Kier molecular flexibility index (Phi) is 6.45. The van der Waals surface area contributed by atoms with Crippen molar-refractivity contribution in [2.24, 2.45) is 11.8 Å². The van der Waals surface area contributed by atoms with Crippen molar-refractivity contribution in [1.29, 1.82) is 0 Å². The lowest BCUT2D eigenvalue weighted by molar-refractivity contribution is 0.150. The largest absolute Gasteiger partial charge is 0.346 e. The van der Waals surface area contributed by atoms with Gasteiger partial charge in [0.25, 0.3) is 0 Å². The minimum Gasteiger partial charge on any atom is -0.346 e. The van der Waals surface area contributed by atoms with E-state index >= 15 is 0 Å². The number of rotatable bonds is 7. The average molecular weight is 311 g/mol. The number of nitrogens with zero attached hydrogens (tertiary/aromatic N) is 3. The van der Waals surface area contributed by atoms with Gasteiger partial charge in [-0.3, -0.25) is 4.90 Å². The fraction of sp³-hybridized carbons (Fsp3) is 0.812. The molecule has 4 nitrogen and oxygen atoms in total. The molecule has 2 atom stereocenters. The maximum atomic E-state index is 4.42. The Morgan fingerprint density at radius 1 is 1.14 bits per heavy atom. The smallest absolute Gasteiger partial charge is 0.185 e. The van der Waals surface area contributed by atoms with Crippen LogP contribution in [0.5, 0.6) is 0 Å². The third-order valence-corrected chi connectivity index (χ3v) is 5.25. The maximum absolute atomic E-state index is 4.42. The van der Waals surface area contributed by atoms with Gasteiger partial charge in [-0.15, -0.1) is 11.3 Å². The van der Waals surface area contributed by atoms with Crippen LogP contribution in [-0.2, 0) is 0 Å². The van der Waals surface area contributed by atoms with E-state index in [9.17, 15) is 0 Å². The molecule has 2 heterocycles. The van der Waals surface area contributed by atoms with Crippen LogP contribution in [-0.4, -0.2) is 55.2 Å². The molecule has 0 aromatic carbocycles. The molecule has 1 N–H and O–H groups in total. The van der Waals surface area contributed by atoms with Crippen molar-refractivity contribution in [2.45, 2.75) is 33.7 Å². The fourth-order valence-corrected chi connectivity index (χ4v) is 3.52. The molecule has 0 spiro atoms. The summed E-state index contributed by atoms with van der Waals surface area (Å²) in [5, 5.41) is 6.83. The molecule has 0 amide bonds. The Hall–Kier alpha value is -0.650. The van der Waals surface area contributed by atoms with Gasteiger partial charge < -0.3 is 10.2 Å². The van der Waals surface area contributed by atoms with Crippen LogP contribution in [0.1, 0.15) is 27.7 Å². The van der Waals surface area contributed by atoms with E-state index in [1.165, 1.54) is 5.13 Å². The third-order valence-electron chi connectivity index (χ3n) is 4.42. The zero-order chi connectivity index (χ0) is 15.2.